The molecule has 270 valence electrons. The van der Waals surface area contributed by atoms with Crippen molar-refractivity contribution in [3.63, 3.8) is 0 Å². The lowest BCUT2D eigenvalue weighted by molar-refractivity contribution is -0.136. The molecular weight excluding hydrogens is 760 g/mol. The van der Waals surface area contributed by atoms with Crippen LogP contribution in [0.15, 0.2) is 82.6 Å². The summed E-state index contributed by atoms with van der Waals surface area (Å²) in [5.41, 5.74) is 1.32. The van der Waals surface area contributed by atoms with Crippen LogP contribution in [0.1, 0.15) is 20.7 Å². The second kappa shape index (κ2) is 15.9. The molecule has 0 spiro atoms. The van der Waals surface area contributed by atoms with Crippen LogP contribution < -0.4 is 20.1 Å². The van der Waals surface area contributed by atoms with E-state index in [0.29, 0.717) is 31.7 Å². The van der Waals surface area contributed by atoms with Gasteiger partial charge in [0.15, 0.2) is 0 Å². The molecule has 0 aliphatic heterocycles. The van der Waals surface area contributed by atoms with E-state index in [1.165, 1.54) is 42.6 Å². The lowest BCUT2D eigenvalue weighted by Gasteiger charge is -2.09. The molecule has 6 rings (SSSR count). The van der Waals surface area contributed by atoms with Gasteiger partial charge in [0.1, 0.15) is 47.3 Å². The van der Waals surface area contributed by atoms with Gasteiger partial charge in [0.05, 0.1) is 11.2 Å². The summed E-state index contributed by atoms with van der Waals surface area (Å²) >= 11 is 7.24. The highest BCUT2D eigenvalue weighted by Crippen LogP contribution is 2.34. The molecule has 3 aromatic carbocycles. The third kappa shape index (κ3) is 8.61. The fraction of sp³-hybridized carbons (Fsp3) is 0.0571. The second-order valence-electron chi connectivity index (χ2n) is 10.8. The van der Waals surface area contributed by atoms with Crippen LogP contribution in [0, 0.1) is 11.6 Å². The van der Waals surface area contributed by atoms with Gasteiger partial charge in [-0.25, -0.2) is 8.78 Å². The molecule has 18 heteroatoms. The molecule has 0 radical (unpaired) electrons. The number of amides is 2. The van der Waals surface area contributed by atoms with E-state index in [9.17, 15) is 47.8 Å². The number of halogens is 3. The smallest absolute Gasteiger partial charge is 0.322 e. The van der Waals surface area contributed by atoms with Crippen molar-refractivity contribution in [1.82, 2.24) is 15.6 Å². The lowest BCUT2D eigenvalue weighted by Crippen LogP contribution is -2.32. The molecule has 53 heavy (non-hydrogen) atoms. The minimum absolute atomic E-state index is 0.0471. The number of aromatic nitrogens is 1. The Bertz CT molecular complexity index is 2600. The average Bonchev–Trinajstić information content (AvgIpc) is 3.10. The van der Waals surface area contributed by atoms with E-state index in [0.717, 1.165) is 28.9 Å². The Hall–Kier alpha value is -6.30. The van der Waals surface area contributed by atoms with Gasteiger partial charge < -0.3 is 31.1 Å². The van der Waals surface area contributed by atoms with Crippen LogP contribution in [-0.2, 0) is 9.59 Å². The van der Waals surface area contributed by atoms with Gasteiger partial charge in [-0.15, -0.1) is 0 Å². The highest BCUT2D eigenvalue weighted by atomic mass is 35.5. The number of nitrogens with one attached hydrogen (secondary N) is 2. The summed E-state index contributed by atoms with van der Waals surface area (Å²) in [6, 6.07) is 14.9. The SMILES string of the molecule is O=C(O)CNC(=O)c1c(O)c2ccc(-c3ccc(F)c(Cl)c3)cc2sc1=O.O=C(O)CNC(=O)c1c(O)c2ccc(-c3cncc(F)c3)cc2sc1=O. The van der Waals surface area contributed by atoms with Crippen LogP contribution in [0.4, 0.5) is 8.78 Å². The van der Waals surface area contributed by atoms with Crippen molar-refractivity contribution in [3.05, 3.63) is 120 Å². The third-order valence-electron chi connectivity index (χ3n) is 7.31. The van der Waals surface area contributed by atoms with Gasteiger partial charge in [-0.2, -0.15) is 0 Å². The first-order valence-corrected chi connectivity index (χ1v) is 16.8. The van der Waals surface area contributed by atoms with Crippen molar-refractivity contribution in [1.29, 1.82) is 0 Å². The van der Waals surface area contributed by atoms with Gasteiger partial charge in [-0.3, -0.25) is 33.8 Å². The van der Waals surface area contributed by atoms with Gasteiger partial charge in [-0.1, -0.05) is 52.5 Å². The van der Waals surface area contributed by atoms with Crippen molar-refractivity contribution >= 4 is 78.2 Å². The van der Waals surface area contributed by atoms with E-state index in [1.807, 2.05) is 5.32 Å². The van der Waals surface area contributed by atoms with Crippen LogP contribution in [-0.4, -0.2) is 62.3 Å². The summed E-state index contributed by atoms with van der Waals surface area (Å²) in [7, 11) is 0. The number of carboxylic acids is 2. The van der Waals surface area contributed by atoms with Crippen molar-refractivity contribution in [2.75, 3.05) is 13.1 Å². The predicted octanol–water partition coefficient (Wildman–Crippen LogP) is 5.22. The second-order valence-corrected chi connectivity index (χ2v) is 13.3. The number of hydrogen-bond acceptors (Lipinski definition) is 11. The molecule has 0 saturated heterocycles. The Morgan fingerprint density at radius 1 is 0.660 bits per heavy atom. The van der Waals surface area contributed by atoms with Crippen LogP contribution in [0.25, 0.3) is 42.4 Å². The summed E-state index contributed by atoms with van der Waals surface area (Å²) in [6.45, 7) is -1.35. The van der Waals surface area contributed by atoms with E-state index in [1.54, 1.807) is 24.3 Å². The fourth-order valence-electron chi connectivity index (χ4n) is 4.86. The van der Waals surface area contributed by atoms with Crippen molar-refractivity contribution in [2.24, 2.45) is 0 Å². The normalized spacial score (nSPS) is 10.7. The summed E-state index contributed by atoms with van der Waals surface area (Å²) in [5, 5.41) is 42.4. The number of benzene rings is 3. The molecule has 0 aliphatic rings. The molecule has 2 amide bonds. The largest absolute Gasteiger partial charge is 0.506 e. The molecular formula is C35H22ClF2N3O10S2. The van der Waals surface area contributed by atoms with Crippen molar-refractivity contribution in [2.45, 2.75) is 0 Å². The summed E-state index contributed by atoms with van der Waals surface area (Å²) < 4.78 is 26.0. The highest BCUT2D eigenvalue weighted by molar-refractivity contribution is 7.17. The minimum atomic E-state index is -1.28. The Morgan fingerprint density at radius 2 is 1.11 bits per heavy atom. The quantitative estimate of drug-likeness (QED) is 0.118. The number of aliphatic carboxylic acids is 2. The van der Waals surface area contributed by atoms with E-state index < -0.39 is 80.6 Å². The maximum Gasteiger partial charge on any atom is 0.322 e. The van der Waals surface area contributed by atoms with Gasteiger partial charge in [0.25, 0.3) is 11.8 Å². The number of nitrogens with zero attached hydrogens (tertiary/aromatic N) is 1. The van der Waals surface area contributed by atoms with Gasteiger partial charge >= 0.3 is 11.9 Å². The highest BCUT2D eigenvalue weighted by Gasteiger charge is 2.22. The standard InChI is InChI=1S/C18H11ClFNO5S.C17H11FN2O5S/c19-11-5-8(2-4-12(11)20)9-1-3-10-13(6-9)27-18(26)15(16(10)24)17(25)21-7-14(22)23;18-10-3-9(5-19-6-10)8-1-2-11-12(4-8)26-17(25)14(15(11)23)16(24)20-7-13(21)22/h1-6,24H,7H2,(H,21,25)(H,22,23);1-6,23H,7H2,(H,20,24)(H,21,22). The van der Waals surface area contributed by atoms with Gasteiger partial charge in [0, 0.05) is 31.9 Å². The summed E-state index contributed by atoms with van der Waals surface area (Å²) in [5.74, 6) is -6.61. The monoisotopic (exact) mass is 781 g/mol. The maximum atomic E-state index is 13.3. The molecule has 0 bridgehead atoms. The molecule has 6 N–H and O–H groups in total. The molecule has 6 aromatic rings. The van der Waals surface area contributed by atoms with E-state index in [4.69, 9.17) is 21.8 Å². The number of hydrogen-bond donors (Lipinski definition) is 6. The number of carboxylic acid groups (broad SMARTS) is 2. The van der Waals surface area contributed by atoms with Crippen LogP contribution >= 0.6 is 34.3 Å². The lowest BCUT2D eigenvalue weighted by atomic mass is 10.0. The number of aromatic hydroxyl groups is 2. The molecule has 3 aromatic heterocycles. The van der Waals surface area contributed by atoms with Crippen LogP contribution in [0.3, 0.4) is 0 Å². The first-order valence-electron chi connectivity index (χ1n) is 14.8. The number of pyridine rings is 1. The number of rotatable bonds is 8. The molecule has 0 aliphatic carbocycles. The summed E-state index contributed by atoms with van der Waals surface area (Å²) in [4.78, 5) is 73.3. The number of carbonyl (C=O) groups excluding carboxylic acids is 2. The number of fused-ring (bicyclic) bond motifs is 2. The van der Waals surface area contributed by atoms with E-state index in [-0.39, 0.29) is 15.8 Å². The molecule has 13 nitrogen and oxygen atoms in total. The molecule has 3 heterocycles. The predicted molar refractivity (Wildman–Crippen MR) is 193 cm³/mol. The van der Waals surface area contributed by atoms with Gasteiger partial charge in [0.2, 0.25) is 9.48 Å². The Morgan fingerprint density at radius 3 is 1.57 bits per heavy atom. The maximum absolute atomic E-state index is 13.3. The number of carbonyl (C=O) groups is 4. The topological polar surface area (TPSA) is 220 Å². The minimum Gasteiger partial charge on any atom is -0.506 e. The van der Waals surface area contributed by atoms with E-state index >= 15 is 0 Å². The Balaban J connectivity index is 0.000000204. The first kappa shape index (κ1) is 37.9. The first-order chi connectivity index (χ1) is 25.1. The Kier molecular flexibility index (Phi) is 11.4. The van der Waals surface area contributed by atoms with Crippen LogP contribution in [0.2, 0.25) is 5.02 Å². The molecule has 0 unspecified atom stereocenters. The summed E-state index contributed by atoms with van der Waals surface area (Å²) in [6.07, 6.45) is 2.53. The molecule has 0 saturated carbocycles. The van der Waals surface area contributed by atoms with E-state index in [2.05, 4.69) is 10.3 Å². The fourth-order valence-corrected chi connectivity index (χ4v) is 6.95. The van der Waals surface area contributed by atoms with Crippen molar-refractivity contribution in [3.8, 4) is 33.8 Å². The average molecular weight is 782 g/mol. The third-order valence-corrected chi connectivity index (χ3v) is 9.49. The van der Waals surface area contributed by atoms with Crippen LogP contribution in [0.5, 0.6) is 11.5 Å². The molecule has 0 atom stereocenters. The zero-order chi connectivity index (χ0) is 38.6. The molecule has 0 fully saturated rings. The zero-order valence-corrected chi connectivity index (χ0v) is 28.9. The zero-order valence-electron chi connectivity index (χ0n) is 26.5. The van der Waals surface area contributed by atoms with Gasteiger partial charge in [-0.05, 0) is 59.2 Å². The Labute approximate surface area is 308 Å². The van der Waals surface area contributed by atoms with Crippen molar-refractivity contribution < 1.29 is 48.4 Å².